The van der Waals surface area contributed by atoms with Crippen LogP contribution in [0.3, 0.4) is 0 Å². The van der Waals surface area contributed by atoms with Crippen LogP contribution in [0, 0.1) is 0 Å². The van der Waals surface area contributed by atoms with Crippen molar-refractivity contribution in [3.8, 4) is 0 Å². The van der Waals surface area contributed by atoms with Crippen LogP contribution < -0.4 is 10.6 Å². The Morgan fingerprint density at radius 3 is 2.84 bits per heavy atom. The summed E-state index contributed by atoms with van der Waals surface area (Å²) in [5.41, 5.74) is 3.74. The molecule has 0 amide bonds. The molecule has 1 aromatic rings. The zero-order valence-corrected chi connectivity index (χ0v) is 11.8. The predicted molar refractivity (Wildman–Crippen MR) is 83.5 cm³/mol. The first kappa shape index (κ1) is 13.9. The van der Waals surface area contributed by atoms with Gasteiger partial charge in [0.1, 0.15) is 0 Å². The first-order valence-electron chi connectivity index (χ1n) is 7.21. The van der Waals surface area contributed by atoms with Crippen molar-refractivity contribution in [2.45, 2.75) is 32.2 Å². The second kappa shape index (κ2) is 7.15. The zero-order chi connectivity index (χ0) is 13.5. The summed E-state index contributed by atoms with van der Waals surface area (Å²) in [5, 5.41) is 7.00. The smallest absolute Gasteiger partial charge is 0.0398 e. The van der Waals surface area contributed by atoms with Gasteiger partial charge in [-0.15, -0.1) is 0 Å². The summed E-state index contributed by atoms with van der Waals surface area (Å²) in [7, 11) is 0. The van der Waals surface area contributed by atoms with Crippen LogP contribution in [0.25, 0.3) is 0 Å². The minimum atomic E-state index is 0.505. The van der Waals surface area contributed by atoms with Gasteiger partial charge in [-0.25, -0.2) is 0 Å². The Balaban J connectivity index is 1.94. The third-order valence-corrected chi connectivity index (χ3v) is 3.55. The standard InChI is InChI=1S/C17H24N2/c1-3-8-16(17-11-7-12-18-17)14(2)13-19-15-9-5-4-6-10-15/h4-6,8-10,17-19H,2-3,7,11-13H2,1H3/b16-8+/t17-/m0/s1. The fourth-order valence-electron chi connectivity index (χ4n) is 2.57. The van der Waals surface area contributed by atoms with Crippen LogP contribution in [0.15, 0.2) is 54.1 Å². The van der Waals surface area contributed by atoms with E-state index < -0.39 is 0 Å². The number of rotatable bonds is 6. The average Bonchev–Trinajstić information content (AvgIpc) is 2.97. The number of para-hydroxylation sites is 1. The first-order chi connectivity index (χ1) is 9.31. The molecule has 19 heavy (non-hydrogen) atoms. The maximum Gasteiger partial charge on any atom is 0.0398 e. The van der Waals surface area contributed by atoms with E-state index in [1.165, 1.54) is 24.0 Å². The van der Waals surface area contributed by atoms with Gasteiger partial charge >= 0.3 is 0 Å². The molecule has 0 saturated carbocycles. The van der Waals surface area contributed by atoms with Crippen molar-refractivity contribution in [3.63, 3.8) is 0 Å². The number of hydrogen-bond acceptors (Lipinski definition) is 2. The van der Waals surface area contributed by atoms with Crippen LogP contribution in [0.1, 0.15) is 26.2 Å². The van der Waals surface area contributed by atoms with Gasteiger partial charge in [0, 0.05) is 18.3 Å². The Labute approximate surface area is 116 Å². The lowest BCUT2D eigenvalue weighted by Gasteiger charge is -2.19. The molecule has 1 aliphatic rings. The van der Waals surface area contributed by atoms with Gasteiger partial charge < -0.3 is 10.6 Å². The SMILES string of the molecule is C=C(CNc1ccccc1)/C(=C\CC)[C@@H]1CCCN1. The third-order valence-electron chi connectivity index (χ3n) is 3.55. The molecule has 1 fully saturated rings. The molecule has 1 heterocycles. The highest BCUT2D eigenvalue weighted by atomic mass is 14.9. The normalized spacial score (nSPS) is 19.4. The third kappa shape index (κ3) is 3.97. The van der Waals surface area contributed by atoms with Crippen molar-refractivity contribution in [1.82, 2.24) is 5.32 Å². The van der Waals surface area contributed by atoms with Gasteiger partial charge in [-0.3, -0.25) is 0 Å². The molecule has 1 aromatic carbocycles. The maximum absolute atomic E-state index is 4.26. The second-order valence-electron chi connectivity index (χ2n) is 5.04. The van der Waals surface area contributed by atoms with E-state index in [9.17, 15) is 0 Å². The Hall–Kier alpha value is -1.54. The van der Waals surface area contributed by atoms with E-state index in [-0.39, 0.29) is 0 Å². The first-order valence-corrected chi connectivity index (χ1v) is 7.21. The van der Waals surface area contributed by atoms with Crippen molar-refractivity contribution >= 4 is 5.69 Å². The fraction of sp³-hybridized carbons (Fsp3) is 0.412. The van der Waals surface area contributed by atoms with E-state index in [4.69, 9.17) is 0 Å². The topological polar surface area (TPSA) is 24.1 Å². The number of hydrogen-bond donors (Lipinski definition) is 2. The van der Waals surface area contributed by atoms with Crippen molar-refractivity contribution in [2.24, 2.45) is 0 Å². The summed E-state index contributed by atoms with van der Waals surface area (Å²) in [5.74, 6) is 0. The van der Waals surface area contributed by atoms with Crippen LogP contribution in [0.2, 0.25) is 0 Å². The Bertz CT molecular complexity index is 428. The fourth-order valence-corrected chi connectivity index (χ4v) is 2.57. The molecule has 102 valence electrons. The summed E-state index contributed by atoms with van der Waals surface area (Å²) in [6.07, 6.45) is 5.89. The molecule has 0 aliphatic carbocycles. The van der Waals surface area contributed by atoms with E-state index in [0.29, 0.717) is 6.04 Å². The van der Waals surface area contributed by atoms with Gasteiger partial charge in [0.15, 0.2) is 0 Å². The molecule has 0 bridgehead atoms. The minimum absolute atomic E-state index is 0.505. The number of nitrogens with one attached hydrogen (secondary N) is 2. The van der Waals surface area contributed by atoms with E-state index in [1.54, 1.807) is 0 Å². The van der Waals surface area contributed by atoms with Crippen molar-refractivity contribution in [1.29, 1.82) is 0 Å². The highest BCUT2D eigenvalue weighted by Crippen LogP contribution is 2.21. The van der Waals surface area contributed by atoms with Gasteiger partial charge in [0.2, 0.25) is 0 Å². The van der Waals surface area contributed by atoms with Gasteiger partial charge in [0.25, 0.3) is 0 Å². The van der Waals surface area contributed by atoms with Crippen molar-refractivity contribution in [2.75, 3.05) is 18.4 Å². The molecule has 2 heteroatoms. The molecule has 1 saturated heterocycles. The van der Waals surface area contributed by atoms with E-state index >= 15 is 0 Å². The molecule has 1 aliphatic heterocycles. The molecular formula is C17H24N2. The lowest BCUT2D eigenvalue weighted by atomic mass is 9.97. The monoisotopic (exact) mass is 256 g/mol. The zero-order valence-electron chi connectivity index (χ0n) is 11.8. The largest absolute Gasteiger partial charge is 0.381 e. The maximum atomic E-state index is 4.26. The summed E-state index contributed by atoms with van der Waals surface area (Å²) in [6, 6.07) is 10.8. The van der Waals surface area contributed by atoms with Gasteiger partial charge in [0.05, 0.1) is 0 Å². The summed E-state index contributed by atoms with van der Waals surface area (Å²) >= 11 is 0. The lowest BCUT2D eigenvalue weighted by Crippen LogP contribution is -2.26. The molecule has 0 spiro atoms. The van der Waals surface area contributed by atoms with E-state index in [1.807, 2.05) is 18.2 Å². The summed E-state index contributed by atoms with van der Waals surface area (Å²) < 4.78 is 0. The second-order valence-corrected chi connectivity index (χ2v) is 5.04. The van der Waals surface area contributed by atoms with Crippen LogP contribution in [-0.4, -0.2) is 19.1 Å². The van der Waals surface area contributed by atoms with Gasteiger partial charge in [-0.2, -0.15) is 0 Å². The number of benzene rings is 1. The molecule has 0 unspecified atom stereocenters. The Kier molecular flexibility index (Phi) is 5.22. The van der Waals surface area contributed by atoms with Crippen LogP contribution in [0.5, 0.6) is 0 Å². The summed E-state index contributed by atoms with van der Waals surface area (Å²) in [4.78, 5) is 0. The van der Waals surface area contributed by atoms with Crippen molar-refractivity contribution in [3.05, 3.63) is 54.1 Å². The highest BCUT2D eigenvalue weighted by molar-refractivity contribution is 5.46. The van der Waals surface area contributed by atoms with Crippen LogP contribution in [0.4, 0.5) is 5.69 Å². The average molecular weight is 256 g/mol. The van der Waals surface area contributed by atoms with Crippen LogP contribution in [-0.2, 0) is 0 Å². The van der Waals surface area contributed by atoms with E-state index in [0.717, 1.165) is 25.2 Å². The van der Waals surface area contributed by atoms with Crippen molar-refractivity contribution < 1.29 is 0 Å². The highest BCUT2D eigenvalue weighted by Gasteiger charge is 2.19. The molecule has 2 rings (SSSR count). The number of allylic oxidation sites excluding steroid dienone is 1. The number of anilines is 1. The minimum Gasteiger partial charge on any atom is -0.381 e. The molecule has 2 nitrogen and oxygen atoms in total. The quantitative estimate of drug-likeness (QED) is 0.758. The predicted octanol–water partition coefficient (Wildman–Crippen LogP) is 3.74. The van der Waals surface area contributed by atoms with Gasteiger partial charge in [-0.1, -0.05) is 37.8 Å². The molecule has 0 aromatic heterocycles. The Morgan fingerprint density at radius 2 is 2.21 bits per heavy atom. The van der Waals surface area contributed by atoms with E-state index in [2.05, 4.69) is 42.3 Å². The van der Waals surface area contributed by atoms with Crippen LogP contribution >= 0.6 is 0 Å². The molecule has 2 N–H and O–H groups in total. The Morgan fingerprint density at radius 1 is 1.42 bits per heavy atom. The molecular weight excluding hydrogens is 232 g/mol. The molecule has 0 radical (unpaired) electrons. The van der Waals surface area contributed by atoms with Gasteiger partial charge in [-0.05, 0) is 49.1 Å². The summed E-state index contributed by atoms with van der Waals surface area (Å²) in [6.45, 7) is 8.39. The lowest BCUT2D eigenvalue weighted by molar-refractivity contribution is 0.690. The molecule has 1 atom stereocenters.